The van der Waals surface area contributed by atoms with Crippen LogP contribution in [0.1, 0.15) is 18.1 Å². The Bertz CT molecular complexity index is 485. The van der Waals surface area contributed by atoms with E-state index in [1.807, 2.05) is 0 Å². The lowest BCUT2D eigenvalue weighted by molar-refractivity contribution is 0.0174. The van der Waals surface area contributed by atoms with Crippen molar-refractivity contribution in [2.24, 2.45) is 10.7 Å². The van der Waals surface area contributed by atoms with E-state index in [1.165, 1.54) is 12.1 Å². The number of piperazine rings is 1. The summed E-state index contributed by atoms with van der Waals surface area (Å²) in [7, 11) is 2.08. The molecule has 1 heterocycles. The van der Waals surface area contributed by atoms with Crippen molar-refractivity contribution in [3.8, 4) is 0 Å². The van der Waals surface area contributed by atoms with Gasteiger partial charge in [0.15, 0.2) is 5.96 Å². The highest BCUT2D eigenvalue weighted by molar-refractivity contribution is 5.78. The molecule has 0 saturated carbocycles. The van der Waals surface area contributed by atoms with Gasteiger partial charge < -0.3 is 15.5 Å². The average molecular weight is 296 g/mol. The Morgan fingerprint density at radius 3 is 2.29 bits per heavy atom. The Morgan fingerprint density at radius 1 is 1.19 bits per heavy atom. The second-order valence-corrected chi connectivity index (χ2v) is 5.55. The molecule has 0 bridgehead atoms. The van der Waals surface area contributed by atoms with Gasteiger partial charge in [0.25, 0.3) is 5.92 Å². The van der Waals surface area contributed by atoms with Gasteiger partial charge in [-0.05, 0) is 12.6 Å². The number of nitrogens with two attached hydrogens (primary N) is 1. The molecule has 1 aliphatic rings. The first-order chi connectivity index (χ1) is 9.86. The van der Waals surface area contributed by atoms with Crippen molar-refractivity contribution in [3.63, 3.8) is 0 Å². The molecule has 21 heavy (non-hydrogen) atoms. The first-order valence-corrected chi connectivity index (χ1v) is 7.07. The SMILES string of the molecule is CN1CCN(C(N)=NCc2ccc(C(C)(F)F)cc2)CC1. The van der Waals surface area contributed by atoms with E-state index in [4.69, 9.17) is 5.73 Å². The van der Waals surface area contributed by atoms with E-state index >= 15 is 0 Å². The summed E-state index contributed by atoms with van der Waals surface area (Å²) in [5.74, 6) is -2.28. The second-order valence-electron chi connectivity index (χ2n) is 5.55. The lowest BCUT2D eigenvalue weighted by atomic mass is 10.1. The number of halogens is 2. The zero-order valence-corrected chi connectivity index (χ0v) is 12.5. The van der Waals surface area contributed by atoms with Gasteiger partial charge >= 0.3 is 0 Å². The summed E-state index contributed by atoms with van der Waals surface area (Å²) in [4.78, 5) is 8.64. The largest absolute Gasteiger partial charge is 0.370 e. The standard InChI is InChI=1S/C15H22F2N4/c1-15(16,17)13-5-3-12(4-6-13)11-19-14(18)21-9-7-20(2)8-10-21/h3-6H,7-11H2,1-2H3,(H2,18,19). The summed E-state index contributed by atoms with van der Waals surface area (Å²) in [6.45, 7) is 4.98. The first-order valence-electron chi connectivity index (χ1n) is 7.07. The van der Waals surface area contributed by atoms with Gasteiger partial charge in [-0.2, -0.15) is 0 Å². The predicted molar refractivity (Wildman–Crippen MR) is 80.4 cm³/mol. The quantitative estimate of drug-likeness (QED) is 0.684. The average Bonchev–Trinajstić information content (AvgIpc) is 2.45. The van der Waals surface area contributed by atoms with Crippen molar-refractivity contribution in [1.29, 1.82) is 0 Å². The summed E-state index contributed by atoms with van der Waals surface area (Å²) in [6, 6.07) is 6.23. The number of aliphatic imine (C=N–C) groups is 1. The Balaban J connectivity index is 1.94. The second kappa shape index (κ2) is 6.39. The van der Waals surface area contributed by atoms with Crippen LogP contribution >= 0.6 is 0 Å². The van der Waals surface area contributed by atoms with Crippen LogP contribution in [0.5, 0.6) is 0 Å². The maximum atomic E-state index is 13.1. The number of rotatable bonds is 3. The number of hydrogen-bond acceptors (Lipinski definition) is 2. The molecule has 1 saturated heterocycles. The molecule has 116 valence electrons. The fourth-order valence-corrected chi connectivity index (χ4v) is 2.21. The van der Waals surface area contributed by atoms with Gasteiger partial charge in [0.2, 0.25) is 0 Å². The third kappa shape index (κ3) is 4.39. The molecule has 0 unspecified atom stereocenters. The van der Waals surface area contributed by atoms with E-state index < -0.39 is 5.92 Å². The number of benzene rings is 1. The highest BCUT2D eigenvalue weighted by atomic mass is 19.3. The van der Waals surface area contributed by atoms with Gasteiger partial charge in [0.05, 0.1) is 6.54 Å². The van der Waals surface area contributed by atoms with E-state index in [0.29, 0.717) is 12.5 Å². The van der Waals surface area contributed by atoms with Crippen molar-refractivity contribution < 1.29 is 8.78 Å². The molecule has 0 aromatic heterocycles. The minimum Gasteiger partial charge on any atom is -0.370 e. The van der Waals surface area contributed by atoms with E-state index in [1.54, 1.807) is 12.1 Å². The van der Waals surface area contributed by atoms with Gasteiger partial charge in [0.1, 0.15) is 0 Å². The van der Waals surface area contributed by atoms with E-state index in [9.17, 15) is 8.78 Å². The lowest BCUT2D eigenvalue weighted by Gasteiger charge is -2.33. The lowest BCUT2D eigenvalue weighted by Crippen LogP contribution is -2.49. The molecule has 0 amide bonds. The van der Waals surface area contributed by atoms with Gasteiger partial charge in [0, 0.05) is 38.7 Å². The van der Waals surface area contributed by atoms with Gasteiger partial charge in [-0.15, -0.1) is 0 Å². The number of nitrogens with zero attached hydrogens (tertiary/aromatic N) is 3. The Hall–Kier alpha value is -1.69. The van der Waals surface area contributed by atoms with Gasteiger partial charge in [-0.1, -0.05) is 24.3 Å². The molecule has 2 rings (SSSR count). The summed E-state index contributed by atoms with van der Waals surface area (Å²) >= 11 is 0. The molecule has 1 aromatic rings. The Kier molecular flexibility index (Phi) is 4.77. The summed E-state index contributed by atoms with van der Waals surface area (Å²) in [5, 5.41) is 0. The molecule has 1 aromatic carbocycles. The van der Waals surface area contributed by atoms with Crippen LogP contribution in [-0.4, -0.2) is 49.0 Å². The monoisotopic (exact) mass is 296 g/mol. The number of hydrogen-bond donors (Lipinski definition) is 1. The van der Waals surface area contributed by atoms with Crippen LogP contribution in [-0.2, 0) is 12.5 Å². The molecule has 0 radical (unpaired) electrons. The molecular formula is C15H22F2N4. The molecular weight excluding hydrogens is 274 g/mol. The Morgan fingerprint density at radius 2 is 1.76 bits per heavy atom. The molecule has 0 spiro atoms. The van der Waals surface area contributed by atoms with Crippen LogP contribution in [0.15, 0.2) is 29.3 Å². The van der Waals surface area contributed by atoms with Crippen LogP contribution in [0.25, 0.3) is 0 Å². The van der Waals surface area contributed by atoms with E-state index in [-0.39, 0.29) is 5.56 Å². The topological polar surface area (TPSA) is 44.9 Å². The molecule has 2 N–H and O–H groups in total. The third-order valence-corrected chi connectivity index (χ3v) is 3.71. The van der Waals surface area contributed by atoms with E-state index in [2.05, 4.69) is 21.8 Å². The molecule has 1 aliphatic heterocycles. The molecule has 0 aliphatic carbocycles. The summed E-state index contributed by atoms with van der Waals surface area (Å²) in [5.41, 5.74) is 6.87. The maximum Gasteiger partial charge on any atom is 0.270 e. The highest BCUT2D eigenvalue weighted by Gasteiger charge is 2.23. The van der Waals surface area contributed by atoms with Crippen molar-refractivity contribution in [3.05, 3.63) is 35.4 Å². The normalized spacial score (nSPS) is 18.1. The highest BCUT2D eigenvalue weighted by Crippen LogP contribution is 2.26. The van der Waals surface area contributed by atoms with Gasteiger partial charge in [-0.25, -0.2) is 13.8 Å². The smallest absolute Gasteiger partial charge is 0.270 e. The van der Waals surface area contributed by atoms with Crippen molar-refractivity contribution in [1.82, 2.24) is 9.80 Å². The van der Waals surface area contributed by atoms with Crippen LogP contribution in [0.4, 0.5) is 8.78 Å². The zero-order valence-electron chi connectivity index (χ0n) is 12.5. The molecule has 1 fully saturated rings. The third-order valence-electron chi connectivity index (χ3n) is 3.71. The van der Waals surface area contributed by atoms with Gasteiger partial charge in [-0.3, -0.25) is 0 Å². The number of likely N-dealkylation sites (N-methyl/N-ethyl adjacent to an activating group) is 1. The predicted octanol–water partition coefficient (Wildman–Crippen LogP) is 1.86. The fraction of sp³-hybridized carbons (Fsp3) is 0.533. The van der Waals surface area contributed by atoms with Crippen molar-refractivity contribution in [2.75, 3.05) is 33.2 Å². The molecule has 4 nitrogen and oxygen atoms in total. The number of guanidine groups is 1. The van der Waals surface area contributed by atoms with Crippen LogP contribution in [0, 0.1) is 0 Å². The minimum absolute atomic E-state index is 0.0160. The maximum absolute atomic E-state index is 13.1. The van der Waals surface area contributed by atoms with Crippen LogP contribution in [0.3, 0.4) is 0 Å². The number of alkyl halides is 2. The van der Waals surface area contributed by atoms with Crippen LogP contribution in [0.2, 0.25) is 0 Å². The zero-order chi connectivity index (χ0) is 15.5. The first kappa shape index (κ1) is 15.7. The van der Waals surface area contributed by atoms with E-state index in [0.717, 1.165) is 38.7 Å². The molecule has 0 atom stereocenters. The summed E-state index contributed by atoms with van der Waals surface area (Å²) in [6.07, 6.45) is 0. The van der Waals surface area contributed by atoms with Crippen molar-refractivity contribution >= 4 is 5.96 Å². The Labute approximate surface area is 124 Å². The fourth-order valence-electron chi connectivity index (χ4n) is 2.21. The minimum atomic E-state index is -2.80. The summed E-state index contributed by atoms with van der Waals surface area (Å²) < 4.78 is 26.2. The van der Waals surface area contributed by atoms with Crippen molar-refractivity contribution in [2.45, 2.75) is 19.4 Å². The van der Waals surface area contributed by atoms with Crippen LogP contribution < -0.4 is 5.73 Å². The molecule has 6 heteroatoms.